The number of rotatable bonds is 8. The lowest BCUT2D eigenvalue weighted by Crippen LogP contribution is -2.40. The maximum atomic E-state index is 12.4. The zero-order valence-corrected chi connectivity index (χ0v) is 17.7. The van der Waals surface area contributed by atoms with Gasteiger partial charge in [-0.15, -0.1) is 0 Å². The van der Waals surface area contributed by atoms with Crippen LogP contribution in [-0.4, -0.2) is 45.6 Å². The molecule has 8 nitrogen and oxygen atoms in total. The minimum Gasteiger partial charge on any atom is -0.493 e. The van der Waals surface area contributed by atoms with Crippen LogP contribution in [0.25, 0.3) is 0 Å². The fraction of sp³-hybridized carbons (Fsp3) is 0.591. The van der Waals surface area contributed by atoms with Crippen LogP contribution in [0.3, 0.4) is 0 Å². The predicted octanol–water partition coefficient (Wildman–Crippen LogP) is 2.27. The highest BCUT2D eigenvalue weighted by Gasteiger charge is 2.41. The summed E-state index contributed by atoms with van der Waals surface area (Å²) >= 11 is 0. The molecule has 0 saturated heterocycles. The Hall–Kier alpha value is -2.77. The molecule has 3 rings (SSSR count). The van der Waals surface area contributed by atoms with Gasteiger partial charge in [-0.2, -0.15) is 0 Å². The molecule has 164 valence electrons. The van der Waals surface area contributed by atoms with Crippen molar-refractivity contribution in [1.29, 1.82) is 0 Å². The highest BCUT2D eigenvalue weighted by molar-refractivity contribution is 5.88. The molecule has 1 N–H and O–H groups in total. The quantitative estimate of drug-likeness (QED) is 0.645. The van der Waals surface area contributed by atoms with Gasteiger partial charge in [-0.1, -0.05) is 6.42 Å². The van der Waals surface area contributed by atoms with Crippen LogP contribution in [-0.2, 0) is 25.7 Å². The number of hydrogen-bond donors (Lipinski definition) is 1. The summed E-state index contributed by atoms with van der Waals surface area (Å²) in [6, 6.07) is 3.48. The van der Waals surface area contributed by atoms with Crippen LogP contribution < -0.4 is 19.5 Å². The number of carbonyl (C=O) groups excluding carboxylic acids is 3. The number of amides is 1. The highest BCUT2D eigenvalue weighted by Crippen LogP contribution is 2.40. The number of ether oxygens (including phenoxy) is 4. The fourth-order valence-electron chi connectivity index (χ4n) is 4.42. The molecule has 2 aliphatic rings. The Morgan fingerprint density at radius 3 is 2.13 bits per heavy atom. The van der Waals surface area contributed by atoms with Gasteiger partial charge in [0.2, 0.25) is 5.75 Å². The third-order valence-corrected chi connectivity index (χ3v) is 5.94. The molecule has 30 heavy (non-hydrogen) atoms. The molecular weight excluding hydrogens is 390 g/mol. The maximum absolute atomic E-state index is 12.4. The van der Waals surface area contributed by atoms with Crippen LogP contribution in [0.1, 0.15) is 37.7 Å². The van der Waals surface area contributed by atoms with Gasteiger partial charge in [0, 0.05) is 18.4 Å². The predicted molar refractivity (Wildman–Crippen MR) is 107 cm³/mol. The lowest BCUT2D eigenvalue weighted by molar-refractivity contribution is -0.156. The average Bonchev–Trinajstić information content (AvgIpc) is 2.74. The number of hydrogen-bond acceptors (Lipinski definition) is 7. The van der Waals surface area contributed by atoms with Gasteiger partial charge in [0.1, 0.15) is 5.78 Å². The van der Waals surface area contributed by atoms with E-state index in [0.717, 1.165) is 24.8 Å². The van der Waals surface area contributed by atoms with Gasteiger partial charge in [0.05, 0.1) is 27.2 Å². The first-order chi connectivity index (χ1) is 14.5. The van der Waals surface area contributed by atoms with Crippen LogP contribution in [0.2, 0.25) is 0 Å². The molecule has 0 aliphatic heterocycles. The van der Waals surface area contributed by atoms with E-state index in [1.807, 2.05) is 0 Å². The fourth-order valence-corrected chi connectivity index (χ4v) is 4.42. The molecule has 2 atom stereocenters. The minimum atomic E-state index is -0.399. The summed E-state index contributed by atoms with van der Waals surface area (Å²) in [5.41, 5.74) is 0.753. The molecule has 0 aromatic heterocycles. The van der Waals surface area contributed by atoms with E-state index in [4.69, 9.17) is 18.9 Å². The molecular formula is C22H29NO7. The molecule has 2 aliphatic carbocycles. The van der Waals surface area contributed by atoms with Gasteiger partial charge in [-0.3, -0.25) is 14.4 Å². The van der Waals surface area contributed by atoms with Gasteiger partial charge in [-0.25, -0.2) is 0 Å². The Morgan fingerprint density at radius 2 is 1.60 bits per heavy atom. The first kappa shape index (κ1) is 21.9. The van der Waals surface area contributed by atoms with E-state index in [0.29, 0.717) is 35.9 Å². The number of Topliss-reactive ketones (excluding diaryl/α,β-unsaturated/α-hetero) is 1. The van der Waals surface area contributed by atoms with Crippen LogP contribution in [0.5, 0.6) is 17.2 Å². The molecule has 0 spiro atoms. The van der Waals surface area contributed by atoms with E-state index in [1.165, 1.54) is 21.3 Å². The topological polar surface area (TPSA) is 100 Å². The van der Waals surface area contributed by atoms with E-state index >= 15 is 0 Å². The Labute approximate surface area is 176 Å². The normalized spacial score (nSPS) is 22.8. The molecule has 0 unspecified atom stereocenters. The van der Waals surface area contributed by atoms with Crippen molar-refractivity contribution in [2.24, 2.45) is 17.8 Å². The second-order valence-electron chi connectivity index (χ2n) is 7.81. The summed E-state index contributed by atoms with van der Waals surface area (Å²) in [4.78, 5) is 36.7. The summed E-state index contributed by atoms with van der Waals surface area (Å²) in [6.45, 7) is -0.127. The lowest BCUT2D eigenvalue weighted by atomic mass is 9.67. The molecule has 2 bridgehead atoms. The van der Waals surface area contributed by atoms with E-state index in [-0.39, 0.29) is 36.9 Å². The molecule has 1 amide bonds. The first-order valence-corrected chi connectivity index (χ1v) is 10.2. The van der Waals surface area contributed by atoms with Crippen LogP contribution in [0.15, 0.2) is 12.1 Å². The van der Waals surface area contributed by atoms with E-state index in [2.05, 4.69) is 5.32 Å². The Kier molecular flexibility index (Phi) is 7.18. The van der Waals surface area contributed by atoms with Crippen molar-refractivity contribution < 1.29 is 33.3 Å². The molecule has 1 aromatic rings. The number of benzene rings is 1. The Morgan fingerprint density at radius 1 is 1.00 bits per heavy atom. The SMILES string of the molecule is COc1cc(CNC(=O)COC(=O)C2C[C@H]3CCC[C@H](C2)C3=O)cc(OC)c1OC. The van der Waals surface area contributed by atoms with Crippen LogP contribution >= 0.6 is 0 Å². The van der Waals surface area contributed by atoms with Crippen molar-refractivity contribution in [2.45, 2.75) is 38.6 Å². The van der Waals surface area contributed by atoms with E-state index < -0.39 is 5.91 Å². The summed E-state index contributed by atoms with van der Waals surface area (Å²) in [5, 5.41) is 2.72. The van der Waals surface area contributed by atoms with Gasteiger partial charge < -0.3 is 24.3 Å². The van der Waals surface area contributed by atoms with Crippen LogP contribution in [0.4, 0.5) is 0 Å². The first-order valence-electron chi connectivity index (χ1n) is 10.2. The molecule has 8 heteroatoms. The van der Waals surface area contributed by atoms with Crippen molar-refractivity contribution in [3.63, 3.8) is 0 Å². The van der Waals surface area contributed by atoms with E-state index in [9.17, 15) is 14.4 Å². The largest absolute Gasteiger partial charge is 0.493 e. The summed E-state index contributed by atoms with van der Waals surface area (Å²) in [7, 11) is 4.56. The Bertz CT molecular complexity index is 766. The summed E-state index contributed by atoms with van der Waals surface area (Å²) in [5.74, 6) is 0.628. The number of nitrogens with one attached hydrogen (secondary N) is 1. The van der Waals surface area contributed by atoms with Crippen molar-refractivity contribution >= 4 is 17.7 Å². The summed E-state index contributed by atoms with van der Waals surface area (Å²) in [6.07, 6.45) is 3.84. The zero-order chi connectivity index (χ0) is 21.7. The van der Waals surface area contributed by atoms with Crippen molar-refractivity contribution in [2.75, 3.05) is 27.9 Å². The minimum absolute atomic E-state index is 0.0242. The number of methoxy groups -OCH3 is 3. The smallest absolute Gasteiger partial charge is 0.309 e. The third-order valence-electron chi connectivity index (χ3n) is 5.94. The molecule has 0 heterocycles. The lowest BCUT2D eigenvalue weighted by Gasteiger charge is -2.36. The second-order valence-corrected chi connectivity index (χ2v) is 7.81. The average molecular weight is 419 g/mol. The molecule has 2 saturated carbocycles. The van der Waals surface area contributed by atoms with E-state index in [1.54, 1.807) is 12.1 Å². The summed E-state index contributed by atoms with van der Waals surface area (Å²) < 4.78 is 21.1. The van der Waals surface area contributed by atoms with Gasteiger partial charge >= 0.3 is 5.97 Å². The second kappa shape index (κ2) is 9.82. The standard InChI is InChI=1S/C22H29NO7/c1-27-17-7-13(8-18(28-2)21(17)29-3)11-23-19(24)12-30-22(26)16-9-14-5-4-6-15(10-16)20(14)25/h7-8,14-16H,4-6,9-12H2,1-3H3,(H,23,24)/t14-,15-/m1/s1. The molecule has 2 fully saturated rings. The van der Waals surface area contributed by atoms with Gasteiger partial charge in [0.15, 0.2) is 18.1 Å². The van der Waals surface area contributed by atoms with Gasteiger partial charge in [0.25, 0.3) is 5.91 Å². The van der Waals surface area contributed by atoms with Crippen LogP contribution in [0, 0.1) is 17.8 Å². The molecule has 0 radical (unpaired) electrons. The van der Waals surface area contributed by atoms with Crippen molar-refractivity contribution in [1.82, 2.24) is 5.32 Å². The maximum Gasteiger partial charge on any atom is 0.309 e. The number of ketones is 1. The van der Waals surface area contributed by atoms with Crippen molar-refractivity contribution in [3.05, 3.63) is 17.7 Å². The van der Waals surface area contributed by atoms with Crippen molar-refractivity contribution in [3.8, 4) is 17.2 Å². The van der Waals surface area contributed by atoms with Gasteiger partial charge in [-0.05, 0) is 43.4 Å². The highest BCUT2D eigenvalue weighted by atomic mass is 16.5. The zero-order valence-electron chi connectivity index (χ0n) is 17.7. The monoisotopic (exact) mass is 419 g/mol. The number of esters is 1. The molecule has 1 aromatic carbocycles. The Balaban J connectivity index is 1.49. The number of carbonyl (C=O) groups is 3. The number of fused-ring (bicyclic) bond motifs is 2. The third kappa shape index (κ3) is 4.86.